The molecule has 0 aromatic heterocycles. The molecule has 0 radical (unpaired) electrons. The highest BCUT2D eigenvalue weighted by atomic mass is 32.2. The van der Waals surface area contributed by atoms with Crippen LogP contribution in [0.2, 0.25) is 0 Å². The number of nitrogens with zero attached hydrogens (tertiary/aromatic N) is 2. The number of ether oxygens (including phenoxy) is 2. The van der Waals surface area contributed by atoms with Gasteiger partial charge < -0.3 is 19.2 Å². The molecule has 3 rings (SSSR count). The second-order valence-corrected chi connectivity index (χ2v) is 11.7. The second-order valence-electron chi connectivity index (χ2n) is 9.63. The maximum Gasteiger partial charge on any atom is 0.312 e. The molecule has 1 heterocycles. The van der Waals surface area contributed by atoms with E-state index in [9.17, 15) is 17.2 Å². The molecule has 35 heavy (non-hydrogen) atoms. The molecular weight excluding hydrogens is 480 g/mol. The highest BCUT2D eigenvalue weighted by molar-refractivity contribution is 7.90. The lowest BCUT2D eigenvalue weighted by molar-refractivity contribution is -0.0629. The summed E-state index contributed by atoms with van der Waals surface area (Å²) in [4.78, 5) is 10.8. The van der Waals surface area contributed by atoms with Crippen LogP contribution in [0.1, 0.15) is 52.4 Å². The third-order valence-corrected chi connectivity index (χ3v) is 7.48. The third-order valence-electron chi connectivity index (χ3n) is 6.37. The van der Waals surface area contributed by atoms with E-state index in [0.29, 0.717) is 13.1 Å². The van der Waals surface area contributed by atoms with Gasteiger partial charge in [-0.15, -0.1) is 0 Å². The number of benzene rings is 1. The van der Waals surface area contributed by atoms with E-state index in [1.54, 1.807) is 0 Å². The summed E-state index contributed by atoms with van der Waals surface area (Å²) < 4.78 is 63.5. The number of hydrogen-bond acceptors (Lipinski definition) is 7. The van der Waals surface area contributed by atoms with Crippen molar-refractivity contribution < 1.29 is 31.5 Å². The number of likely N-dealkylation sites (tertiary alicyclic amines) is 1. The van der Waals surface area contributed by atoms with Gasteiger partial charge in [0, 0.05) is 19.3 Å². The van der Waals surface area contributed by atoms with Crippen LogP contribution in [0, 0.1) is 5.82 Å². The first kappa shape index (κ1) is 27.3. The molecular formula is C24H35F2N3O5S. The lowest BCUT2D eigenvalue weighted by Gasteiger charge is -2.36. The highest BCUT2D eigenvalue weighted by Gasteiger charge is 2.30. The molecule has 1 aliphatic heterocycles. The van der Waals surface area contributed by atoms with Gasteiger partial charge in [0.25, 0.3) is 0 Å². The lowest BCUT2D eigenvalue weighted by Crippen LogP contribution is -2.44. The summed E-state index contributed by atoms with van der Waals surface area (Å²) in [5.41, 5.74) is -1.62. The minimum absolute atomic E-state index is 0.0431. The molecule has 1 aliphatic carbocycles. The van der Waals surface area contributed by atoms with Crippen LogP contribution in [0.4, 0.5) is 8.78 Å². The van der Waals surface area contributed by atoms with Crippen molar-refractivity contribution in [2.24, 2.45) is 10.9 Å². The molecule has 11 heteroatoms. The summed E-state index contributed by atoms with van der Waals surface area (Å²) in [6, 6.07) is 3.86. The van der Waals surface area contributed by atoms with Crippen molar-refractivity contribution in [3.05, 3.63) is 36.3 Å². The van der Waals surface area contributed by atoms with E-state index in [1.165, 1.54) is 26.0 Å². The first-order valence-electron chi connectivity index (χ1n) is 11.8. The molecule has 0 spiro atoms. The van der Waals surface area contributed by atoms with Crippen molar-refractivity contribution in [2.45, 2.75) is 81.2 Å². The lowest BCUT2D eigenvalue weighted by atomic mass is 9.94. The fourth-order valence-corrected chi connectivity index (χ4v) is 4.78. The van der Waals surface area contributed by atoms with Gasteiger partial charge in [-0.3, -0.25) is 0 Å². The van der Waals surface area contributed by atoms with Gasteiger partial charge in [0.15, 0.2) is 21.4 Å². The summed E-state index contributed by atoms with van der Waals surface area (Å²) >= 11 is 0. The smallest absolute Gasteiger partial charge is 0.312 e. The summed E-state index contributed by atoms with van der Waals surface area (Å²) in [6.07, 6.45) is 5.58. The Labute approximate surface area is 206 Å². The van der Waals surface area contributed by atoms with Gasteiger partial charge in [0.1, 0.15) is 5.67 Å². The van der Waals surface area contributed by atoms with E-state index in [1.807, 2.05) is 4.90 Å². The van der Waals surface area contributed by atoms with Crippen LogP contribution < -0.4 is 10.6 Å². The zero-order chi connectivity index (χ0) is 25.8. The number of hydrogen-bond donors (Lipinski definition) is 1. The molecule has 1 saturated heterocycles. The zero-order valence-corrected chi connectivity index (χ0v) is 21.3. The van der Waals surface area contributed by atoms with E-state index in [4.69, 9.17) is 20.2 Å². The van der Waals surface area contributed by atoms with E-state index in [2.05, 4.69) is 11.6 Å². The Morgan fingerprint density at radius 2 is 1.69 bits per heavy atom. The molecule has 1 saturated carbocycles. The molecule has 2 N–H and O–H groups in total. The van der Waals surface area contributed by atoms with Crippen LogP contribution >= 0.6 is 0 Å². The quantitative estimate of drug-likeness (QED) is 0.334. The van der Waals surface area contributed by atoms with Crippen LogP contribution in [0.25, 0.3) is 0 Å². The van der Waals surface area contributed by atoms with Crippen LogP contribution in [0.3, 0.4) is 0 Å². The van der Waals surface area contributed by atoms with E-state index in [0.717, 1.165) is 50.8 Å². The van der Waals surface area contributed by atoms with Crippen LogP contribution in [-0.4, -0.2) is 62.7 Å². The zero-order valence-electron chi connectivity index (χ0n) is 20.5. The SMILES string of the molecule is C=C(N=C(ON)N1CCC(OC2CCC(Oc3ccc(S(C)(=O)=O)cc3F)CC2)CC1)C(C)(C)F. The van der Waals surface area contributed by atoms with E-state index in [-0.39, 0.29) is 40.7 Å². The fourth-order valence-electron chi connectivity index (χ4n) is 4.15. The van der Waals surface area contributed by atoms with Gasteiger partial charge in [-0.2, -0.15) is 10.9 Å². The van der Waals surface area contributed by atoms with E-state index >= 15 is 0 Å². The molecule has 0 unspecified atom stereocenters. The van der Waals surface area contributed by atoms with Gasteiger partial charge in [-0.1, -0.05) is 6.58 Å². The maximum absolute atomic E-state index is 14.3. The highest BCUT2D eigenvalue weighted by Crippen LogP contribution is 2.30. The van der Waals surface area contributed by atoms with Gasteiger partial charge in [-0.05, 0) is 70.6 Å². The third kappa shape index (κ3) is 7.62. The average Bonchev–Trinajstić information content (AvgIpc) is 2.79. The van der Waals surface area contributed by atoms with Crippen LogP contribution in [0.15, 0.2) is 40.4 Å². The predicted octanol–water partition coefficient (Wildman–Crippen LogP) is 3.91. The number of halogens is 2. The van der Waals surface area contributed by atoms with Crippen molar-refractivity contribution >= 4 is 15.9 Å². The Morgan fingerprint density at radius 3 is 2.20 bits per heavy atom. The molecule has 1 aromatic carbocycles. The van der Waals surface area contributed by atoms with Gasteiger partial charge in [-0.25, -0.2) is 17.2 Å². The topological polar surface area (TPSA) is 103 Å². The minimum atomic E-state index is -3.47. The summed E-state index contributed by atoms with van der Waals surface area (Å²) in [5.74, 6) is 4.74. The van der Waals surface area contributed by atoms with Crippen molar-refractivity contribution in [1.29, 1.82) is 0 Å². The Hall–Kier alpha value is -2.24. The summed E-state index contributed by atoms with van der Waals surface area (Å²) in [5, 5.41) is 0. The summed E-state index contributed by atoms with van der Waals surface area (Å²) in [7, 11) is -3.47. The van der Waals surface area contributed by atoms with Crippen LogP contribution in [-0.2, 0) is 19.4 Å². The summed E-state index contributed by atoms with van der Waals surface area (Å²) in [6.45, 7) is 7.62. The van der Waals surface area contributed by atoms with Crippen LogP contribution in [0.5, 0.6) is 5.75 Å². The Kier molecular flexibility index (Phi) is 8.76. The molecule has 8 nitrogen and oxygen atoms in total. The van der Waals surface area contributed by atoms with Gasteiger partial charge in [0.2, 0.25) is 0 Å². The Bertz CT molecular complexity index is 1030. The van der Waals surface area contributed by atoms with Crippen molar-refractivity contribution in [3.63, 3.8) is 0 Å². The Balaban J connectivity index is 1.44. The Morgan fingerprint density at radius 1 is 1.11 bits per heavy atom. The molecule has 0 atom stereocenters. The number of nitrogens with two attached hydrogens (primary N) is 1. The molecule has 1 aromatic rings. The average molecular weight is 516 g/mol. The monoisotopic (exact) mass is 515 g/mol. The maximum atomic E-state index is 14.3. The van der Waals surface area contributed by atoms with Gasteiger partial charge in [0.05, 0.1) is 28.9 Å². The minimum Gasteiger partial charge on any atom is -0.487 e. The first-order chi connectivity index (χ1) is 16.4. The normalized spacial score (nSPS) is 22.7. The molecule has 0 bridgehead atoms. The van der Waals surface area contributed by atoms with Crippen molar-refractivity contribution in [3.8, 4) is 5.75 Å². The molecule has 2 aliphatic rings. The fraction of sp³-hybridized carbons (Fsp3) is 0.625. The molecule has 2 fully saturated rings. The van der Waals surface area contributed by atoms with Gasteiger partial charge >= 0.3 is 6.02 Å². The number of amidine groups is 1. The number of alkyl halides is 1. The van der Waals surface area contributed by atoms with Crippen molar-refractivity contribution in [2.75, 3.05) is 19.3 Å². The number of aliphatic imine (C=N–C) groups is 1. The molecule has 196 valence electrons. The number of allylic oxidation sites excluding steroid dienone is 1. The number of sulfone groups is 1. The second kappa shape index (κ2) is 11.2. The number of piperidine rings is 1. The van der Waals surface area contributed by atoms with E-state index < -0.39 is 21.3 Å². The standard InChI is InChI=1S/C24H35F2N3O5S/c1-16(24(2,3)26)28-23(34-27)29-13-11-19(12-14-29)32-17-5-7-18(8-6-17)33-22-10-9-20(15-21(22)25)35(4,30)31/h9-10,15,17-19H,1,5-8,11-14,27H2,2-4H3. The first-order valence-corrected chi connectivity index (χ1v) is 13.7. The molecule has 0 amide bonds. The largest absolute Gasteiger partial charge is 0.487 e. The predicted molar refractivity (Wildman–Crippen MR) is 129 cm³/mol. The van der Waals surface area contributed by atoms with Crippen molar-refractivity contribution in [1.82, 2.24) is 4.90 Å². The number of rotatable bonds is 7.